The van der Waals surface area contributed by atoms with Gasteiger partial charge in [0.1, 0.15) is 5.75 Å². The Morgan fingerprint density at radius 3 is 2.48 bits per heavy atom. The number of aryl methyl sites for hydroxylation is 2. The van der Waals surface area contributed by atoms with Gasteiger partial charge in [-0.15, -0.1) is 11.3 Å². The lowest BCUT2D eigenvalue weighted by atomic mass is 10.1. The number of nitrogens with zero attached hydrogens (tertiary/aromatic N) is 1. The first-order valence-electron chi connectivity index (χ1n) is 6.78. The van der Waals surface area contributed by atoms with Gasteiger partial charge < -0.3 is 4.74 Å². The molecule has 0 fully saturated rings. The third-order valence-electron chi connectivity index (χ3n) is 3.03. The number of rotatable bonds is 4. The van der Waals surface area contributed by atoms with E-state index in [0.29, 0.717) is 16.7 Å². The van der Waals surface area contributed by atoms with Crippen molar-refractivity contribution in [2.45, 2.75) is 40.0 Å². The van der Waals surface area contributed by atoms with Crippen LogP contribution in [0.15, 0.2) is 17.5 Å². The molecule has 0 N–H and O–H groups in total. The Balaban J connectivity index is 2.04. The zero-order chi connectivity index (χ0) is 15.6. The molecule has 0 aliphatic rings. The van der Waals surface area contributed by atoms with E-state index in [1.807, 2.05) is 19.2 Å². The number of ether oxygens (including phenoxy) is 1. The van der Waals surface area contributed by atoms with Crippen LogP contribution in [0.5, 0.6) is 5.75 Å². The van der Waals surface area contributed by atoms with Crippen LogP contribution in [0.25, 0.3) is 0 Å². The quantitative estimate of drug-likeness (QED) is 0.605. The van der Waals surface area contributed by atoms with Gasteiger partial charge in [-0.2, -0.15) is 0 Å². The maximum absolute atomic E-state index is 12.0. The van der Waals surface area contributed by atoms with Gasteiger partial charge in [-0.1, -0.05) is 25.4 Å². The lowest BCUT2D eigenvalue weighted by Gasteiger charge is -2.08. The minimum atomic E-state index is -0.309. The van der Waals surface area contributed by atoms with Crippen LogP contribution in [0.3, 0.4) is 0 Å². The van der Waals surface area contributed by atoms with E-state index in [-0.39, 0.29) is 12.4 Å². The van der Waals surface area contributed by atoms with Crippen molar-refractivity contribution < 1.29 is 9.53 Å². The summed E-state index contributed by atoms with van der Waals surface area (Å²) in [5.74, 6) is 0.594. The first-order valence-corrected chi connectivity index (χ1v) is 8.04. The summed E-state index contributed by atoms with van der Waals surface area (Å²) < 4.78 is 5.37. The number of hydrogen-bond acceptors (Lipinski definition) is 4. The van der Waals surface area contributed by atoms with Crippen molar-refractivity contribution in [2.24, 2.45) is 0 Å². The summed E-state index contributed by atoms with van der Waals surface area (Å²) in [7, 11) is 0. The Kier molecular flexibility index (Phi) is 5.01. The molecule has 1 heterocycles. The molecular formula is C16H18ClNO2S. The van der Waals surface area contributed by atoms with Gasteiger partial charge >= 0.3 is 5.97 Å². The second-order valence-corrected chi connectivity index (χ2v) is 6.62. The van der Waals surface area contributed by atoms with Crippen LogP contribution in [0.4, 0.5) is 0 Å². The van der Waals surface area contributed by atoms with Crippen molar-refractivity contribution in [3.8, 4) is 5.75 Å². The molecule has 21 heavy (non-hydrogen) atoms. The summed E-state index contributed by atoms with van der Waals surface area (Å²) in [5, 5.41) is 3.65. The van der Waals surface area contributed by atoms with E-state index in [0.717, 1.165) is 21.8 Å². The molecule has 5 heteroatoms. The molecule has 2 rings (SSSR count). The van der Waals surface area contributed by atoms with Gasteiger partial charge in [-0.05, 0) is 37.1 Å². The lowest BCUT2D eigenvalue weighted by Crippen LogP contribution is -2.12. The number of carbonyl (C=O) groups excluding carboxylic acids is 1. The molecule has 2 aromatic rings. The molecule has 0 radical (unpaired) electrons. The second-order valence-electron chi connectivity index (χ2n) is 5.35. The standard InChI is InChI=1S/C16H18ClNO2S/c1-9(2)16-18-12(8-21-16)7-14(19)20-13-5-10(3)15(17)11(4)6-13/h5-6,8-9H,7H2,1-4H3. The minimum absolute atomic E-state index is 0.184. The number of carbonyl (C=O) groups is 1. The van der Waals surface area contributed by atoms with E-state index < -0.39 is 0 Å². The van der Waals surface area contributed by atoms with Gasteiger partial charge in [0.25, 0.3) is 0 Å². The van der Waals surface area contributed by atoms with Crippen molar-refractivity contribution in [3.63, 3.8) is 0 Å². The van der Waals surface area contributed by atoms with Crippen molar-refractivity contribution in [3.05, 3.63) is 44.4 Å². The largest absolute Gasteiger partial charge is 0.426 e. The summed E-state index contributed by atoms with van der Waals surface area (Å²) in [5.41, 5.74) is 2.56. The van der Waals surface area contributed by atoms with Crippen molar-refractivity contribution in [1.29, 1.82) is 0 Å². The molecule has 1 aromatic heterocycles. The van der Waals surface area contributed by atoms with E-state index in [4.69, 9.17) is 16.3 Å². The zero-order valence-electron chi connectivity index (χ0n) is 12.6. The predicted molar refractivity (Wildman–Crippen MR) is 86.5 cm³/mol. The van der Waals surface area contributed by atoms with Gasteiger partial charge in [-0.3, -0.25) is 4.79 Å². The highest BCUT2D eigenvalue weighted by Crippen LogP contribution is 2.26. The number of aromatic nitrogens is 1. The third kappa shape index (κ3) is 4.05. The van der Waals surface area contributed by atoms with Crippen LogP contribution in [-0.2, 0) is 11.2 Å². The molecule has 3 nitrogen and oxygen atoms in total. The molecule has 112 valence electrons. The summed E-state index contributed by atoms with van der Waals surface area (Å²) in [6, 6.07) is 3.54. The van der Waals surface area contributed by atoms with E-state index in [1.165, 1.54) is 0 Å². The molecule has 0 aliphatic carbocycles. The summed E-state index contributed by atoms with van der Waals surface area (Å²) in [6.45, 7) is 7.95. The first-order chi connectivity index (χ1) is 9.86. The Bertz CT molecular complexity index is 641. The Hall–Kier alpha value is -1.39. The molecule has 0 atom stereocenters. The van der Waals surface area contributed by atoms with E-state index in [2.05, 4.69) is 18.8 Å². The summed E-state index contributed by atoms with van der Waals surface area (Å²) in [6.07, 6.45) is 0.184. The van der Waals surface area contributed by atoms with E-state index in [1.54, 1.807) is 23.5 Å². The Morgan fingerprint density at radius 1 is 1.33 bits per heavy atom. The van der Waals surface area contributed by atoms with Crippen LogP contribution >= 0.6 is 22.9 Å². The number of benzene rings is 1. The molecule has 1 aromatic carbocycles. The Morgan fingerprint density at radius 2 is 1.95 bits per heavy atom. The van der Waals surface area contributed by atoms with Crippen LogP contribution in [0.1, 0.15) is 41.6 Å². The van der Waals surface area contributed by atoms with Gasteiger partial charge in [-0.25, -0.2) is 4.98 Å². The van der Waals surface area contributed by atoms with Crippen molar-refractivity contribution in [2.75, 3.05) is 0 Å². The van der Waals surface area contributed by atoms with Crippen LogP contribution in [0.2, 0.25) is 5.02 Å². The topological polar surface area (TPSA) is 39.2 Å². The fraction of sp³-hybridized carbons (Fsp3) is 0.375. The molecule has 0 spiro atoms. The number of thiazole rings is 1. The predicted octanol–water partition coefficient (Wildman–Crippen LogP) is 4.68. The van der Waals surface area contributed by atoms with Gasteiger partial charge in [0.15, 0.2) is 0 Å². The number of esters is 1. The molecule has 0 bridgehead atoms. The SMILES string of the molecule is Cc1cc(OC(=O)Cc2csc(C(C)C)n2)cc(C)c1Cl. The molecule has 0 aliphatic heterocycles. The number of hydrogen-bond donors (Lipinski definition) is 0. The highest BCUT2D eigenvalue weighted by molar-refractivity contribution is 7.09. The molecular weight excluding hydrogens is 306 g/mol. The molecule has 0 amide bonds. The maximum atomic E-state index is 12.0. The summed E-state index contributed by atoms with van der Waals surface area (Å²) in [4.78, 5) is 16.4. The van der Waals surface area contributed by atoms with E-state index >= 15 is 0 Å². The fourth-order valence-corrected chi connectivity index (χ4v) is 2.89. The normalized spacial score (nSPS) is 11.0. The van der Waals surface area contributed by atoms with Crippen LogP contribution < -0.4 is 4.74 Å². The van der Waals surface area contributed by atoms with Crippen molar-refractivity contribution >= 4 is 28.9 Å². The molecule has 0 unspecified atom stereocenters. The van der Waals surface area contributed by atoms with Gasteiger partial charge in [0.05, 0.1) is 17.1 Å². The highest BCUT2D eigenvalue weighted by Gasteiger charge is 2.12. The highest BCUT2D eigenvalue weighted by atomic mass is 35.5. The maximum Gasteiger partial charge on any atom is 0.317 e. The average molecular weight is 324 g/mol. The van der Waals surface area contributed by atoms with Gasteiger partial charge in [0, 0.05) is 16.3 Å². The van der Waals surface area contributed by atoms with E-state index in [9.17, 15) is 4.79 Å². The smallest absolute Gasteiger partial charge is 0.317 e. The van der Waals surface area contributed by atoms with Crippen LogP contribution in [-0.4, -0.2) is 11.0 Å². The summed E-state index contributed by atoms with van der Waals surface area (Å²) >= 11 is 7.68. The zero-order valence-corrected chi connectivity index (χ0v) is 14.1. The lowest BCUT2D eigenvalue weighted by molar-refractivity contribution is -0.133. The average Bonchev–Trinajstić information content (AvgIpc) is 2.84. The number of halogens is 1. The second kappa shape index (κ2) is 6.58. The molecule has 0 saturated carbocycles. The van der Waals surface area contributed by atoms with Crippen molar-refractivity contribution in [1.82, 2.24) is 4.98 Å². The Labute approximate surface area is 133 Å². The minimum Gasteiger partial charge on any atom is -0.426 e. The van der Waals surface area contributed by atoms with Crippen LogP contribution in [0, 0.1) is 13.8 Å². The third-order valence-corrected chi connectivity index (χ3v) is 4.82. The fourth-order valence-electron chi connectivity index (χ4n) is 1.95. The monoisotopic (exact) mass is 323 g/mol. The molecule has 0 saturated heterocycles. The van der Waals surface area contributed by atoms with Gasteiger partial charge in [0.2, 0.25) is 0 Å². The first kappa shape index (κ1) is 16.0.